The molecule has 5 rings (SSSR count). The molecule has 0 saturated carbocycles. The first-order valence-electron chi connectivity index (χ1n) is 11.9. The van der Waals surface area contributed by atoms with Crippen LogP contribution < -0.4 is 0 Å². The maximum atomic E-state index is 4.68. The normalized spacial score (nSPS) is 12.6. The summed E-state index contributed by atoms with van der Waals surface area (Å²) in [4.78, 5) is 9.36. The lowest BCUT2D eigenvalue weighted by atomic mass is 9.99. The molecule has 0 amide bonds. The second-order valence-electron chi connectivity index (χ2n) is 11.6. The first-order chi connectivity index (χ1) is 16.1. The molecule has 3 aromatic carbocycles. The molecule has 0 N–H and O–H groups in total. The van der Waals surface area contributed by atoms with Crippen molar-refractivity contribution in [2.45, 2.75) is 51.6 Å². The number of para-hydroxylation sites is 2. The minimum atomic E-state index is -1.27. The summed E-state index contributed by atoms with van der Waals surface area (Å²) in [5.41, 5.74) is 9.02. The molecule has 4 nitrogen and oxygen atoms in total. The Hall–Kier alpha value is -2.97. The van der Waals surface area contributed by atoms with Gasteiger partial charge in [-0.05, 0) is 23.3 Å². The van der Waals surface area contributed by atoms with Gasteiger partial charge in [-0.15, -0.1) is 0 Å². The summed E-state index contributed by atoms with van der Waals surface area (Å²) in [7, 11) is -2.54. The van der Waals surface area contributed by atoms with Crippen molar-refractivity contribution < 1.29 is 0 Å². The minimum absolute atomic E-state index is 1.02. The molecule has 0 atom stereocenters. The molecule has 2 aromatic heterocycles. The van der Waals surface area contributed by atoms with Crippen LogP contribution in [0.4, 0.5) is 0 Å². The van der Waals surface area contributed by atoms with Crippen molar-refractivity contribution in [1.82, 2.24) is 19.1 Å². The minimum Gasteiger partial charge on any atom is -0.324 e. The van der Waals surface area contributed by atoms with E-state index in [-0.39, 0.29) is 0 Å². The quantitative estimate of drug-likeness (QED) is 0.244. The Kier molecular flexibility index (Phi) is 5.61. The maximum absolute atomic E-state index is 4.68. The average molecular weight is 481 g/mol. The van der Waals surface area contributed by atoms with E-state index in [1.54, 1.807) is 0 Å². The molecule has 0 spiro atoms. The third-order valence-corrected chi connectivity index (χ3v) is 8.48. The van der Waals surface area contributed by atoms with Gasteiger partial charge in [-0.1, -0.05) is 87.8 Å². The maximum Gasteiger partial charge on any atom is 0.177 e. The summed E-state index contributed by atoms with van der Waals surface area (Å²) in [5, 5.41) is 0. The first-order valence-corrected chi connectivity index (χ1v) is 19.4. The van der Waals surface area contributed by atoms with Gasteiger partial charge in [-0.3, -0.25) is 0 Å². The van der Waals surface area contributed by atoms with Gasteiger partial charge in [0.25, 0.3) is 0 Å². The van der Waals surface area contributed by atoms with Crippen LogP contribution in [0.15, 0.2) is 60.7 Å². The van der Waals surface area contributed by atoms with Gasteiger partial charge in [0, 0.05) is 23.5 Å². The van der Waals surface area contributed by atoms with Crippen LogP contribution in [0.5, 0.6) is 0 Å². The van der Waals surface area contributed by atoms with Crippen LogP contribution in [0.2, 0.25) is 39.3 Å². The molecular formula is C28H32N4Si2. The number of hydrogen-bond acceptors (Lipinski definition) is 2. The van der Waals surface area contributed by atoms with Crippen LogP contribution in [0.25, 0.3) is 44.3 Å². The van der Waals surface area contributed by atoms with Gasteiger partial charge in [0.05, 0.1) is 38.2 Å². The molecule has 0 aliphatic carbocycles. The first kappa shape index (κ1) is 22.8. The van der Waals surface area contributed by atoms with Gasteiger partial charge in [0.15, 0.2) is 12.7 Å². The number of benzene rings is 3. The summed E-state index contributed by atoms with van der Waals surface area (Å²) in [6.07, 6.45) is 8.54. The molecule has 6 heteroatoms. The molecule has 0 aliphatic heterocycles. The number of fused-ring (bicyclic) bond motifs is 2. The highest BCUT2D eigenvalue weighted by Crippen LogP contribution is 2.32. The van der Waals surface area contributed by atoms with E-state index in [2.05, 4.69) is 132 Å². The Balaban J connectivity index is 1.51. The zero-order chi connectivity index (χ0) is 24.1. The lowest BCUT2D eigenvalue weighted by Gasteiger charge is -2.17. The SMILES string of the molecule is C[Si](C)(C)Cn1[c]nc2c(-c3ccc(-c4cccc5c4n[c]n5C[Si](C)(C)C)cc3)cccc21. The van der Waals surface area contributed by atoms with E-state index >= 15 is 0 Å². The number of imidazole rings is 2. The Morgan fingerprint density at radius 1 is 0.588 bits per heavy atom. The van der Waals surface area contributed by atoms with E-state index in [4.69, 9.17) is 0 Å². The fraction of sp³-hybridized carbons (Fsp3) is 0.286. The van der Waals surface area contributed by atoms with Crippen molar-refractivity contribution in [2.24, 2.45) is 0 Å². The largest absolute Gasteiger partial charge is 0.324 e. The summed E-state index contributed by atoms with van der Waals surface area (Å²) in [6, 6.07) is 21.7. The lowest BCUT2D eigenvalue weighted by molar-refractivity contribution is 0.872. The van der Waals surface area contributed by atoms with Gasteiger partial charge in [-0.25, -0.2) is 9.97 Å². The molecule has 172 valence electrons. The van der Waals surface area contributed by atoms with E-state index < -0.39 is 16.1 Å². The third kappa shape index (κ3) is 4.52. The summed E-state index contributed by atoms with van der Waals surface area (Å²) >= 11 is 0. The fourth-order valence-corrected chi connectivity index (χ4v) is 6.93. The smallest absolute Gasteiger partial charge is 0.177 e. The van der Waals surface area contributed by atoms with Crippen LogP contribution in [0.1, 0.15) is 0 Å². The van der Waals surface area contributed by atoms with Crippen LogP contribution >= 0.6 is 0 Å². The predicted molar refractivity (Wildman–Crippen MR) is 148 cm³/mol. The van der Waals surface area contributed by atoms with Crippen LogP contribution in [0.3, 0.4) is 0 Å². The zero-order valence-corrected chi connectivity index (χ0v) is 23.0. The van der Waals surface area contributed by atoms with Crippen molar-refractivity contribution in [2.75, 3.05) is 0 Å². The van der Waals surface area contributed by atoms with Crippen LogP contribution in [-0.2, 0) is 12.3 Å². The van der Waals surface area contributed by atoms with E-state index in [1.165, 1.54) is 11.1 Å². The fourth-order valence-electron chi connectivity index (χ4n) is 4.55. The van der Waals surface area contributed by atoms with E-state index in [9.17, 15) is 0 Å². The van der Waals surface area contributed by atoms with Crippen molar-refractivity contribution in [3.05, 3.63) is 73.3 Å². The molecule has 2 radical (unpaired) electrons. The molecule has 2 heterocycles. The molecule has 0 bridgehead atoms. The summed E-state index contributed by atoms with van der Waals surface area (Å²) < 4.78 is 4.40. The summed E-state index contributed by atoms with van der Waals surface area (Å²) in [6.45, 7) is 14.3. The number of rotatable bonds is 6. The lowest BCUT2D eigenvalue weighted by Crippen LogP contribution is -2.27. The second-order valence-corrected chi connectivity index (χ2v) is 22.5. The van der Waals surface area contributed by atoms with Crippen molar-refractivity contribution in [3.8, 4) is 22.3 Å². The highest BCUT2D eigenvalue weighted by atomic mass is 28.3. The molecule has 0 fully saturated rings. The van der Waals surface area contributed by atoms with E-state index in [0.29, 0.717) is 0 Å². The highest BCUT2D eigenvalue weighted by molar-refractivity contribution is 6.75. The topological polar surface area (TPSA) is 35.6 Å². The van der Waals surface area contributed by atoms with Crippen molar-refractivity contribution in [3.63, 3.8) is 0 Å². The molecule has 5 aromatic rings. The van der Waals surface area contributed by atoms with Gasteiger partial charge in [-0.2, -0.15) is 0 Å². The highest BCUT2D eigenvalue weighted by Gasteiger charge is 2.19. The average Bonchev–Trinajstić information content (AvgIpc) is 3.36. The Morgan fingerprint density at radius 2 is 0.971 bits per heavy atom. The summed E-state index contributed by atoms with van der Waals surface area (Å²) in [5.74, 6) is 0. The molecule has 0 aliphatic rings. The Morgan fingerprint density at radius 3 is 1.32 bits per heavy atom. The van der Waals surface area contributed by atoms with Crippen LogP contribution in [-0.4, -0.2) is 35.2 Å². The molecule has 0 unspecified atom stereocenters. The Labute approximate surface area is 204 Å². The standard InChI is InChI=1S/C28H32N4Si2/c1-33(2,3)19-31-17-29-27-23(9-7-11-25(27)31)21-13-15-22(16-14-21)24-10-8-12-26-28(24)30-18-32(26)20-34(4,5)6/h7-16H,19-20H2,1-6H3. The van der Waals surface area contributed by atoms with E-state index in [0.717, 1.165) is 45.5 Å². The van der Waals surface area contributed by atoms with Gasteiger partial charge >= 0.3 is 0 Å². The molecule has 0 saturated heterocycles. The van der Waals surface area contributed by atoms with Gasteiger partial charge < -0.3 is 9.13 Å². The Bertz CT molecular complexity index is 1350. The third-order valence-electron chi connectivity index (χ3n) is 5.95. The van der Waals surface area contributed by atoms with Crippen molar-refractivity contribution >= 4 is 38.2 Å². The number of nitrogens with zero attached hydrogens (tertiary/aromatic N) is 4. The molecule has 34 heavy (non-hydrogen) atoms. The van der Waals surface area contributed by atoms with Crippen molar-refractivity contribution in [1.29, 1.82) is 0 Å². The predicted octanol–water partition coefficient (Wildman–Crippen LogP) is 7.08. The monoisotopic (exact) mass is 480 g/mol. The molecular weight excluding hydrogens is 449 g/mol. The van der Waals surface area contributed by atoms with Gasteiger partial charge in [0.1, 0.15) is 0 Å². The van der Waals surface area contributed by atoms with E-state index in [1.807, 2.05) is 0 Å². The van der Waals surface area contributed by atoms with Crippen LogP contribution in [0, 0.1) is 12.7 Å². The zero-order valence-electron chi connectivity index (χ0n) is 21.0. The number of aromatic nitrogens is 4. The van der Waals surface area contributed by atoms with Gasteiger partial charge in [0.2, 0.25) is 0 Å². The number of hydrogen-bond donors (Lipinski definition) is 0. The second kappa shape index (κ2) is 8.36.